The summed E-state index contributed by atoms with van der Waals surface area (Å²) < 4.78 is 18.0. The van der Waals surface area contributed by atoms with Gasteiger partial charge in [0.15, 0.2) is 17.3 Å². The van der Waals surface area contributed by atoms with Crippen molar-refractivity contribution in [2.24, 2.45) is 0 Å². The zero-order valence-electron chi connectivity index (χ0n) is 7.79. The molecule has 0 bridgehead atoms. The number of hydrogen-bond donors (Lipinski definition) is 1. The number of aromatic nitrogens is 1. The molecule has 0 spiro atoms. The molecular weight excluding hydrogens is 221 g/mol. The highest BCUT2D eigenvalue weighted by Crippen LogP contribution is 2.34. The number of aromatic hydroxyl groups is 1. The molecule has 0 aliphatic heterocycles. The molecule has 0 saturated heterocycles. The largest absolute Gasteiger partial charge is 0.504 e. The van der Waals surface area contributed by atoms with Crippen LogP contribution in [-0.2, 0) is 0 Å². The average Bonchev–Trinajstić information content (AvgIpc) is 2.23. The lowest BCUT2D eigenvalue weighted by Crippen LogP contribution is -1.88. The second-order valence-electron chi connectivity index (χ2n) is 2.96. The number of pyridine rings is 1. The summed E-state index contributed by atoms with van der Waals surface area (Å²) in [6.07, 6.45) is 1.01. The number of phenols is 1. The summed E-state index contributed by atoms with van der Waals surface area (Å²) >= 11 is 5.76. The number of methoxy groups -OCH3 is 1. The summed E-state index contributed by atoms with van der Waals surface area (Å²) in [6.45, 7) is 0. The van der Waals surface area contributed by atoms with E-state index in [1.165, 1.54) is 19.2 Å². The lowest BCUT2D eigenvalue weighted by atomic mass is 10.2. The van der Waals surface area contributed by atoms with Crippen molar-refractivity contribution in [3.05, 3.63) is 29.2 Å². The molecule has 15 heavy (non-hydrogen) atoms. The zero-order valence-corrected chi connectivity index (χ0v) is 8.55. The molecule has 1 aromatic heterocycles. The van der Waals surface area contributed by atoms with E-state index in [0.29, 0.717) is 10.9 Å². The van der Waals surface area contributed by atoms with Gasteiger partial charge in [-0.2, -0.15) is 0 Å². The molecule has 0 amide bonds. The van der Waals surface area contributed by atoms with Crippen molar-refractivity contribution in [2.45, 2.75) is 0 Å². The molecule has 0 radical (unpaired) electrons. The first-order valence-corrected chi connectivity index (χ1v) is 4.52. The van der Waals surface area contributed by atoms with E-state index in [9.17, 15) is 9.50 Å². The summed E-state index contributed by atoms with van der Waals surface area (Å²) in [7, 11) is 1.40. The summed E-state index contributed by atoms with van der Waals surface area (Å²) in [4.78, 5) is 3.80. The molecule has 78 valence electrons. The topological polar surface area (TPSA) is 42.4 Å². The standard InChI is InChI=1S/C10H7ClFNO2/c1-15-9-2-5-7(3-8(9)14)13-4-6(12)10(5)11/h2-4,14H,1H3. The smallest absolute Gasteiger partial charge is 0.161 e. The Balaban J connectivity index is 2.82. The Bertz CT molecular complexity index is 530. The van der Waals surface area contributed by atoms with Gasteiger partial charge < -0.3 is 9.84 Å². The van der Waals surface area contributed by atoms with E-state index >= 15 is 0 Å². The van der Waals surface area contributed by atoms with Gasteiger partial charge in [0.05, 0.1) is 23.8 Å². The number of nitrogens with zero attached hydrogens (tertiary/aromatic N) is 1. The summed E-state index contributed by atoms with van der Waals surface area (Å²) in [6, 6.07) is 2.82. The fraction of sp³-hybridized carbons (Fsp3) is 0.100. The Kier molecular flexibility index (Phi) is 2.36. The molecule has 1 N–H and O–H groups in total. The van der Waals surface area contributed by atoms with Crippen LogP contribution in [0.4, 0.5) is 4.39 Å². The second-order valence-corrected chi connectivity index (χ2v) is 3.34. The fourth-order valence-electron chi connectivity index (χ4n) is 1.32. The molecule has 3 nitrogen and oxygen atoms in total. The van der Waals surface area contributed by atoms with E-state index in [-0.39, 0.29) is 16.5 Å². The average molecular weight is 228 g/mol. The van der Waals surface area contributed by atoms with Crippen molar-refractivity contribution in [3.8, 4) is 11.5 Å². The van der Waals surface area contributed by atoms with Crippen LogP contribution in [0.2, 0.25) is 5.02 Å². The van der Waals surface area contributed by atoms with E-state index in [4.69, 9.17) is 16.3 Å². The highest BCUT2D eigenvalue weighted by Gasteiger charge is 2.10. The van der Waals surface area contributed by atoms with E-state index in [1.54, 1.807) is 0 Å². The first-order chi connectivity index (χ1) is 7.13. The Morgan fingerprint density at radius 1 is 1.47 bits per heavy atom. The Morgan fingerprint density at radius 2 is 2.20 bits per heavy atom. The molecule has 0 atom stereocenters. The third-order valence-electron chi connectivity index (χ3n) is 2.06. The minimum Gasteiger partial charge on any atom is -0.504 e. The number of ether oxygens (including phenoxy) is 1. The number of benzene rings is 1. The zero-order chi connectivity index (χ0) is 11.0. The Morgan fingerprint density at radius 3 is 2.87 bits per heavy atom. The maximum Gasteiger partial charge on any atom is 0.161 e. The molecular formula is C10H7ClFNO2. The number of rotatable bonds is 1. The summed E-state index contributed by atoms with van der Waals surface area (Å²) in [5.74, 6) is -0.422. The number of phenolic OH excluding ortho intramolecular Hbond substituents is 1. The van der Waals surface area contributed by atoms with E-state index in [2.05, 4.69) is 4.98 Å². The van der Waals surface area contributed by atoms with Crippen LogP contribution in [0.3, 0.4) is 0 Å². The lowest BCUT2D eigenvalue weighted by molar-refractivity contribution is 0.374. The van der Waals surface area contributed by atoms with Gasteiger partial charge in [-0.25, -0.2) is 4.39 Å². The minimum absolute atomic E-state index is 0.0294. The molecule has 0 fully saturated rings. The van der Waals surface area contributed by atoms with Crippen molar-refractivity contribution >= 4 is 22.5 Å². The van der Waals surface area contributed by atoms with Crippen LogP contribution >= 0.6 is 11.6 Å². The molecule has 0 aliphatic rings. The predicted molar refractivity (Wildman–Crippen MR) is 54.9 cm³/mol. The van der Waals surface area contributed by atoms with Crippen molar-refractivity contribution in [1.29, 1.82) is 0 Å². The first-order valence-electron chi connectivity index (χ1n) is 4.14. The summed E-state index contributed by atoms with van der Waals surface area (Å²) in [5, 5.41) is 9.85. The monoisotopic (exact) mass is 227 g/mol. The van der Waals surface area contributed by atoms with Crippen molar-refractivity contribution in [3.63, 3.8) is 0 Å². The van der Waals surface area contributed by atoms with Gasteiger partial charge in [-0.3, -0.25) is 4.98 Å². The molecule has 5 heteroatoms. The fourth-order valence-corrected chi connectivity index (χ4v) is 1.52. The quantitative estimate of drug-likeness (QED) is 0.815. The number of fused-ring (bicyclic) bond motifs is 1. The van der Waals surface area contributed by atoms with Crippen LogP contribution in [0.25, 0.3) is 10.9 Å². The molecule has 2 aromatic rings. The van der Waals surface area contributed by atoms with E-state index < -0.39 is 5.82 Å². The van der Waals surface area contributed by atoms with Crippen LogP contribution in [0.5, 0.6) is 11.5 Å². The molecule has 1 heterocycles. The van der Waals surface area contributed by atoms with Gasteiger partial charge in [0.1, 0.15) is 0 Å². The second kappa shape index (κ2) is 3.55. The van der Waals surface area contributed by atoms with E-state index in [1.807, 2.05) is 0 Å². The predicted octanol–water partition coefficient (Wildman–Crippen LogP) is 2.74. The highest BCUT2D eigenvalue weighted by atomic mass is 35.5. The van der Waals surface area contributed by atoms with E-state index in [0.717, 1.165) is 6.20 Å². The highest BCUT2D eigenvalue weighted by molar-refractivity contribution is 6.35. The van der Waals surface area contributed by atoms with Gasteiger partial charge in [0, 0.05) is 11.5 Å². The van der Waals surface area contributed by atoms with Crippen LogP contribution < -0.4 is 4.74 Å². The SMILES string of the molecule is COc1cc2c(Cl)c(F)cnc2cc1O. The molecule has 0 aliphatic carbocycles. The minimum atomic E-state index is -0.600. The van der Waals surface area contributed by atoms with Gasteiger partial charge in [0.25, 0.3) is 0 Å². The lowest BCUT2D eigenvalue weighted by Gasteiger charge is -2.06. The third kappa shape index (κ3) is 1.57. The van der Waals surface area contributed by atoms with Gasteiger partial charge in [0.2, 0.25) is 0 Å². The van der Waals surface area contributed by atoms with Crippen molar-refractivity contribution < 1.29 is 14.2 Å². The normalized spacial score (nSPS) is 10.6. The van der Waals surface area contributed by atoms with Gasteiger partial charge in [-0.1, -0.05) is 11.6 Å². The Hall–Kier alpha value is -1.55. The Labute approximate surface area is 90.1 Å². The molecule has 1 aromatic carbocycles. The van der Waals surface area contributed by atoms with Gasteiger partial charge in [-0.05, 0) is 6.07 Å². The number of halogens is 2. The molecule has 0 unspecified atom stereocenters. The maximum absolute atomic E-state index is 13.1. The summed E-state index contributed by atoms with van der Waals surface area (Å²) in [5.41, 5.74) is 0.416. The molecule has 2 rings (SSSR count). The molecule has 0 saturated carbocycles. The first kappa shape index (κ1) is 9.98. The number of hydrogen-bond acceptors (Lipinski definition) is 3. The van der Waals surface area contributed by atoms with Crippen LogP contribution in [0, 0.1) is 5.82 Å². The van der Waals surface area contributed by atoms with Crippen LogP contribution in [0.1, 0.15) is 0 Å². The van der Waals surface area contributed by atoms with Crippen LogP contribution in [-0.4, -0.2) is 17.2 Å². The third-order valence-corrected chi connectivity index (χ3v) is 2.44. The van der Waals surface area contributed by atoms with Crippen molar-refractivity contribution in [2.75, 3.05) is 7.11 Å². The maximum atomic E-state index is 13.1. The van der Waals surface area contributed by atoms with Crippen molar-refractivity contribution in [1.82, 2.24) is 4.98 Å². The van der Waals surface area contributed by atoms with Gasteiger partial charge >= 0.3 is 0 Å². The van der Waals surface area contributed by atoms with Crippen LogP contribution in [0.15, 0.2) is 18.3 Å². The van der Waals surface area contributed by atoms with Gasteiger partial charge in [-0.15, -0.1) is 0 Å².